The molecule has 0 bridgehead atoms. The van der Waals surface area contributed by atoms with Crippen LogP contribution in [0, 0.1) is 0 Å². The molecule has 0 radical (unpaired) electrons. The van der Waals surface area contributed by atoms with Crippen LogP contribution < -0.4 is 14.2 Å². The summed E-state index contributed by atoms with van der Waals surface area (Å²) in [6.07, 6.45) is 4.27. The van der Waals surface area contributed by atoms with Gasteiger partial charge in [-0.1, -0.05) is 13.0 Å². The number of aryl methyl sites for hydroxylation is 1. The van der Waals surface area contributed by atoms with Gasteiger partial charge in [-0.25, -0.2) is 0 Å². The molecule has 4 nitrogen and oxygen atoms in total. The van der Waals surface area contributed by atoms with Crippen LogP contribution in [-0.2, 0) is 6.42 Å². The molecule has 0 aliphatic heterocycles. The Labute approximate surface area is 146 Å². The lowest BCUT2D eigenvalue weighted by Crippen LogP contribution is -1.99. The van der Waals surface area contributed by atoms with Crippen LogP contribution in [0.3, 0.4) is 0 Å². The topological polar surface area (TPSA) is 44.8 Å². The lowest BCUT2D eigenvalue weighted by atomic mass is 10.1. The third-order valence-corrected chi connectivity index (χ3v) is 4.70. The van der Waals surface area contributed by atoms with Crippen LogP contribution in [0.25, 0.3) is 6.08 Å². The summed E-state index contributed by atoms with van der Waals surface area (Å²) in [5.74, 6) is 1.71. The molecule has 128 valence electrons. The smallest absolute Gasteiger partial charge is 0.203 e. The van der Waals surface area contributed by atoms with Gasteiger partial charge in [0.25, 0.3) is 0 Å². The lowest BCUT2D eigenvalue weighted by Gasteiger charge is -2.14. The molecule has 1 heterocycles. The normalized spacial score (nSPS) is 10.8. The first-order valence-electron chi connectivity index (χ1n) is 7.82. The van der Waals surface area contributed by atoms with Gasteiger partial charge in [0.1, 0.15) is 0 Å². The van der Waals surface area contributed by atoms with E-state index in [2.05, 4.69) is 6.92 Å². The van der Waals surface area contributed by atoms with Crippen molar-refractivity contribution in [2.75, 3.05) is 20.8 Å². The minimum Gasteiger partial charge on any atom is -0.493 e. The first-order valence-corrected chi connectivity index (χ1v) is 8.64. The molecule has 0 amide bonds. The van der Waals surface area contributed by atoms with E-state index in [4.69, 9.17) is 14.2 Å². The van der Waals surface area contributed by atoms with E-state index in [-0.39, 0.29) is 5.78 Å². The van der Waals surface area contributed by atoms with E-state index >= 15 is 0 Å². The Kier molecular flexibility index (Phi) is 6.44. The Morgan fingerprint density at radius 1 is 1.12 bits per heavy atom. The molecule has 0 saturated heterocycles. The van der Waals surface area contributed by atoms with Crippen molar-refractivity contribution in [1.82, 2.24) is 0 Å². The van der Waals surface area contributed by atoms with Crippen molar-refractivity contribution in [1.29, 1.82) is 0 Å². The van der Waals surface area contributed by atoms with E-state index in [1.165, 1.54) is 16.2 Å². The molecule has 24 heavy (non-hydrogen) atoms. The van der Waals surface area contributed by atoms with Crippen LogP contribution >= 0.6 is 11.3 Å². The molecule has 0 aliphatic rings. The number of benzene rings is 1. The van der Waals surface area contributed by atoms with E-state index < -0.39 is 0 Å². The van der Waals surface area contributed by atoms with Crippen LogP contribution in [-0.4, -0.2) is 26.6 Å². The van der Waals surface area contributed by atoms with Gasteiger partial charge in [-0.15, -0.1) is 11.3 Å². The number of methoxy groups -OCH3 is 2. The molecule has 1 aromatic carbocycles. The summed E-state index contributed by atoms with van der Waals surface area (Å²) in [4.78, 5) is 14.2. The summed E-state index contributed by atoms with van der Waals surface area (Å²) in [5.41, 5.74) is 0.813. The highest BCUT2D eigenvalue weighted by Crippen LogP contribution is 2.38. The molecular formula is C19H22O4S. The summed E-state index contributed by atoms with van der Waals surface area (Å²) in [7, 11) is 3.15. The fraction of sp³-hybridized carbons (Fsp3) is 0.316. The highest BCUT2D eigenvalue weighted by molar-refractivity contribution is 7.14. The third kappa shape index (κ3) is 4.17. The highest BCUT2D eigenvalue weighted by Gasteiger charge is 2.13. The minimum atomic E-state index is -0.00785. The number of ketones is 1. The van der Waals surface area contributed by atoms with Crippen molar-refractivity contribution >= 4 is 23.2 Å². The number of hydrogen-bond donors (Lipinski definition) is 0. The number of allylic oxidation sites excluding steroid dienone is 1. The van der Waals surface area contributed by atoms with Gasteiger partial charge in [0, 0.05) is 4.88 Å². The Morgan fingerprint density at radius 2 is 1.79 bits per heavy atom. The Bertz CT molecular complexity index is 706. The SMILES string of the molecule is CCOc1c(OC)cc(/C=C/C(=O)c2ccc(CC)s2)cc1OC. The summed E-state index contributed by atoms with van der Waals surface area (Å²) < 4.78 is 16.3. The maximum absolute atomic E-state index is 12.3. The lowest BCUT2D eigenvalue weighted by molar-refractivity contribution is 0.105. The number of rotatable bonds is 8. The molecule has 0 aliphatic carbocycles. The molecule has 0 unspecified atom stereocenters. The van der Waals surface area contributed by atoms with E-state index in [9.17, 15) is 4.79 Å². The number of hydrogen-bond acceptors (Lipinski definition) is 5. The average Bonchev–Trinajstić information content (AvgIpc) is 3.09. The monoisotopic (exact) mass is 346 g/mol. The van der Waals surface area contributed by atoms with Crippen LogP contribution in [0.5, 0.6) is 17.2 Å². The maximum atomic E-state index is 12.3. The van der Waals surface area contributed by atoms with E-state index in [0.717, 1.165) is 16.9 Å². The zero-order valence-electron chi connectivity index (χ0n) is 14.4. The van der Waals surface area contributed by atoms with Crippen LogP contribution in [0.2, 0.25) is 0 Å². The van der Waals surface area contributed by atoms with Gasteiger partial charge in [0.15, 0.2) is 17.3 Å². The minimum absolute atomic E-state index is 0.00785. The number of thiophene rings is 1. The second-order valence-electron chi connectivity index (χ2n) is 5.00. The van der Waals surface area contributed by atoms with E-state index in [0.29, 0.717) is 23.9 Å². The summed E-state index contributed by atoms with van der Waals surface area (Å²) in [5, 5.41) is 0. The standard InChI is InChI=1S/C19H22O4S/c1-5-14-8-10-18(24-14)15(20)9-7-13-11-16(21-3)19(23-6-2)17(12-13)22-4/h7-12H,5-6H2,1-4H3/b9-7+. The Morgan fingerprint density at radius 3 is 2.29 bits per heavy atom. The second kappa shape index (κ2) is 8.55. The van der Waals surface area contributed by atoms with Gasteiger partial charge in [0.05, 0.1) is 25.7 Å². The quantitative estimate of drug-likeness (QED) is 0.517. The van der Waals surface area contributed by atoms with Crippen LogP contribution in [0.1, 0.15) is 34.0 Å². The third-order valence-electron chi connectivity index (χ3n) is 3.45. The molecule has 0 fully saturated rings. The first kappa shape index (κ1) is 18.1. The molecule has 0 spiro atoms. The molecular weight excluding hydrogens is 324 g/mol. The van der Waals surface area contributed by atoms with Gasteiger partial charge >= 0.3 is 0 Å². The second-order valence-corrected chi connectivity index (χ2v) is 6.17. The largest absolute Gasteiger partial charge is 0.493 e. The van der Waals surface area contributed by atoms with Gasteiger partial charge in [-0.2, -0.15) is 0 Å². The van der Waals surface area contributed by atoms with E-state index in [1.54, 1.807) is 26.4 Å². The fourth-order valence-electron chi connectivity index (χ4n) is 2.24. The molecule has 0 atom stereocenters. The molecule has 2 aromatic rings. The number of ether oxygens (including phenoxy) is 3. The summed E-state index contributed by atoms with van der Waals surface area (Å²) in [6, 6.07) is 7.51. The summed E-state index contributed by atoms with van der Waals surface area (Å²) in [6.45, 7) is 4.49. The molecule has 0 saturated carbocycles. The fourth-order valence-corrected chi connectivity index (χ4v) is 3.11. The van der Waals surface area contributed by atoms with Crippen molar-refractivity contribution in [3.63, 3.8) is 0 Å². The van der Waals surface area contributed by atoms with Gasteiger partial charge in [0.2, 0.25) is 5.75 Å². The Balaban J connectivity index is 2.26. The maximum Gasteiger partial charge on any atom is 0.203 e. The Hall–Kier alpha value is -2.27. The predicted octanol–water partition coefficient (Wildman–Crippen LogP) is 4.62. The zero-order chi connectivity index (χ0) is 17.5. The van der Waals surface area contributed by atoms with Crippen LogP contribution in [0.15, 0.2) is 30.3 Å². The first-order chi connectivity index (χ1) is 11.6. The molecule has 1 aromatic heterocycles. The van der Waals surface area contributed by atoms with Gasteiger partial charge in [-0.3, -0.25) is 4.79 Å². The van der Waals surface area contributed by atoms with E-state index in [1.807, 2.05) is 31.2 Å². The van der Waals surface area contributed by atoms with Crippen molar-refractivity contribution < 1.29 is 19.0 Å². The van der Waals surface area contributed by atoms with Gasteiger partial charge < -0.3 is 14.2 Å². The predicted molar refractivity (Wildman–Crippen MR) is 97.8 cm³/mol. The highest BCUT2D eigenvalue weighted by atomic mass is 32.1. The molecule has 5 heteroatoms. The number of carbonyl (C=O) groups is 1. The van der Waals surface area contributed by atoms with Crippen molar-refractivity contribution in [3.8, 4) is 17.2 Å². The average molecular weight is 346 g/mol. The van der Waals surface area contributed by atoms with Crippen molar-refractivity contribution in [3.05, 3.63) is 45.7 Å². The van der Waals surface area contributed by atoms with Crippen molar-refractivity contribution in [2.24, 2.45) is 0 Å². The summed E-state index contributed by atoms with van der Waals surface area (Å²) >= 11 is 1.53. The zero-order valence-corrected chi connectivity index (χ0v) is 15.2. The molecule has 0 N–H and O–H groups in total. The number of carbonyl (C=O) groups excluding carboxylic acids is 1. The van der Waals surface area contributed by atoms with Gasteiger partial charge in [-0.05, 0) is 49.2 Å². The van der Waals surface area contributed by atoms with Crippen molar-refractivity contribution in [2.45, 2.75) is 20.3 Å². The molecule has 2 rings (SSSR count). The van der Waals surface area contributed by atoms with Crippen LogP contribution in [0.4, 0.5) is 0 Å².